The van der Waals surface area contributed by atoms with E-state index in [2.05, 4.69) is 4.72 Å². The van der Waals surface area contributed by atoms with Gasteiger partial charge in [0.05, 0.1) is 25.6 Å². The highest BCUT2D eigenvalue weighted by Gasteiger charge is 2.51. The van der Waals surface area contributed by atoms with E-state index < -0.39 is 10.0 Å². The average molecular weight is 346 g/mol. The first kappa shape index (κ1) is 17.1. The molecule has 0 unspecified atom stereocenters. The van der Waals surface area contributed by atoms with Crippen LogP contribution in [0.25, 0.3) is 0 Å². The van der Waals surface area contributed by atoms with Crippen LogP contribution in [0.2, 0.25) is 0 Å². The fraction of sp³-hybridized carbons (Fsp3) is 0.933. The number of nitrogens with zero attached hydrogens (tertiary/aromatic N) is 1. The van der Waals surface area contributed by atoms with E-state index in [4.69, 9.17) is 9.47 Å². The highest BCUT2D eigenvalue weighted by molar-refractivity contribution is 7.88. The summed E-state index contributed by atoms with van der Waals surface area (Å²) >= 11 is 0. The van der Waals surface area contributed by atoms with Gasteiger partial charge in [0, 0.05) is 31.0 Å². The van der Waals surface area contributed by atoms with Crippen LogP contribution in [0.15, 0.2) is 0 Å². The van der Waals surface area contributed by atoms with Crippen molar-refractivity contribution in [2.45, 2.75) is 31.8 Å². The van der Waals surface area contributed by atoms with Crippen molar-refractivity contribution < 1.29 is 22.7 Å². The van der Waals surface area contributed by atoms with Crippen LogP contribution in [0.3, 0.4) is 0 Å². The molecule has 1 aliphatic carbocycles. The summed E-state index contributed by atoms with van der Waals surface area (Å²) in [6.45, 7) is 2.69. The summed E-state index contributed by atoms with van der Waals surface area (Å²) in [6.07, 6.45) is 5.84. The number of sulfonamides is 1. The molecule has 0 bridgehead atoms. The van der Waals surface area contributed by atoms with Gasteiger partial charge in [-0.05, 0) is 12.8 Å². The number of hydrogen-bond donors (Lipinski definition) is 1. The molecule has 1 amide bonds. The second-order valence-corrected chi connectivity index (χ2v) is 8.99. The number of amides is 1. The van der Waals surface area contributed by atoms with Crippen LogP contribution < -0.4 is 4.72 Å². The van der Waals surface area contributed by atoms with Crippen LogP contribution in [0, 0.1) is 11.3 Å². The van der Waals surface area contributed by atoms with E-state index in [0.29, 0.717) is 32.8 Å². The van der Waals surface area contributed by atoms with Gasteiger partial charge in [0.15, 0.2) is 0 Å². The quantitative estimate of drug-likeness (QED) is 0.730. The van der Waals surface area contributed by atoms with Gasteiger partial charge in [-0.2, -0.15) is 0 Å². The lowest BCUT2D eigenvalue weighted by molar-refractivity contribution is -0.137. The van der Waals surface area contributed by atoms with Crippen LogP contribution >= 0.6 is 0 Å². The van der Waals surface area contributed by atoms with E-state index in [0.717, 1.165) is 19.1 Å². The fourth-order valence-corrected chi connectivity index (χ4v) is 4.43. The Balaban J connectivity index is 1.55. The molecule has 3 rings (SSSR count). The molecule has 2 atom stereocenters. The molecule has 1 saturated carbocycles. The molecule has 1 N–H and O–H groups in total. The Morgan fingerprint density at radius 2 is 2.13 bits per heavy atom. The summed E-state index contributed by atoms with van der Waals surface area (Å²) in [4.78, 5) is 14.2. The summed E-state index contributed by atoms with van der Waals surface area (Å²) in [5.74, 6) is 0.192. The van der Waals surface area contributed by atoms with Gasteiger partial charge in [-0.25, -0.2) is 13.1 Å². The number of fused-ring (bicyclic) bond motifs is 1. The highest BCUT2D eigenvalue weighted by atomic mass is 32.2. The van der Waals surface area contributed by atoms with E-state index in [1.807, 2.05) is 4.90 Å². The van der Waals surface area contributed by atoms with Gasteiger partial charge in [0.2, 0.25) is 15.9 Å². The minimum Gasteiger partial charge on any atom is -0.380 e. The highest BCUT2D eigenvalue weighted by Crippen LogP contribution is 2.41. The van der Waals surface area contributed by atoms with Crippen molar-refractivity contribution in [3.63, 3.8) is 0 Å². The minimum atomic E-state index is -3.25. The van der Waals surface area contributed by atoms with Gasteiger partial charge >= 0.3 is 0 Å². The number of carbonyl (C=O) groups is 1. The first-order chi connectivity index (χ1) is 10.9. The fourth-order valence-electron chi connectivity index (χ4n) is 3.88. The molecule has 0 radical (unpaired) electrons. The normalized spacial score (nSPS) is 31.7. The smallest absolute Gasteiger partial charge is 0.248 e. The Labute approximate surface area is 137 Å². The van der Waals surface area contributed by atoms with Crippen molar-refractivity contribution in [2.24, 2.45) is 11.3 Å². The van der Waals surface area contributed by atoms with E-state index >= 15 is 0 Å². The summed E-state index contributed by atoms with van der Waals surface area (Å²) in [7, 11) is -3.25. The van der Waals surface area contributed by atoms with Crippen LogP contribution in [-0.2, 0) is 24.3 Å². The standard InChI is InChI=1S/C15H26N2O5S/c1-23(19,20)16-9-15-10-17(6-12(15)7-21-11-15)14(18)8-22-13-4-2-3-5-13/h12-13,16H,2-11H2,1H3/t12-,15-/m1/s1. The average Bonchev–Trinajstić information content (AvgIpc) is 3.17. The molecule has 132 valence electrons. The van der Waals surface area contributed by atoms with Crippen LogP contribution in [0.5, 0.6) is 0 Å². The van der Waals surface area contributed by atoms with E-state index in [9.17, 15) is 13.2 Å². The van der Waals surface area contributed by atoms with Gasteiger partial charge in [-0.15, -0.1) is 0 Å². The lowest BCUT2D eigenvalue weighted by Gasteiger charge is -2.27. The van der Waals surface area contributed by atoms with Crippen molar-refractivity contribution in [3.8, 4) is 0 Å². The van der Waals surface area contributed by atoms with Crippen LogP contribution in [0.4, 0.5) is 0 Å². The zero-order chi connectivity index (χ0) is 16.5. The zero-order valence-corrected chi connectivity index (χ0v) is 14.4. The van der Waals surface area contributed by atoms with Crippen molar-refractivity contribution >= 4 is 15.9 Å². The summed E-state index contributed by atoms with van der Waals surface area (Å²) in [5, 5.41) is 0. The Bertz CT molecular complexity index is 546. The second-order valence-electron chi connectivity index (χ2n) is 7.16. The second kappa shape index (κ2) is 6.66. The van der Waals surface area contributed by atoms with Gasteiger partial charge < -0.3 is 14.4 Å². The Hall–Kier alpha value is -0.700. The summed E-state index contributed by atoms with van der Waals surface area (Å²) in [5.41, 5.74) is -0.300. The number of likely N-dealkylation sites (tertiary alicyclic amines) is 1. The molecule has 3 aliphatic rings. The van der Waals surface area contributed by atoms with Crippen molar-refractivity contribution in [2.75, 3.05) is 45.7 Å². The number of nitrogens with one attached hydrogen (secondary N) is 1. The van der Waals surface area contributed by atoms with E-state index in [-0.39, 0.29) is 30.0 Å². The monoisotopic (exact) mass is 346 g/mol. The predicted octanol–water partition coefficient (Wildman–Crippen LogP) is -0.0302. The molecule has 0 spiro atoms. The Kier molecular flexibility index (Phi) is 4.96. The number of carbonyl (C=O) groups excluding carboxylic acids is 1. The number of rotatable bonds is 6. The molecule has 2 saturated heterocycles. The number of hydrogen-bond acceptors (Lipinski definition) is 5. The molecule has 2 heterocycles. The lowest BCUT2D eigenvalue weighted by Crippen LogP contribution is -2.43. The molecular formula is C15H26N2O5S. The van der Waals surface area contributed by atoms with Gasteiger partial charge in [-0.1, -0.05) is 12.8 Å². The molecule has 23 heavy (non-hydrogen) atoms. The minimum absolute atomic E-state index is 0.00466. The summed E-state index contributed by atoms with van der Waals surface area (Å²) < 4.78 is 36.6. The molecule has 0 aromatic heterocycles. The molecule has 8 heteroatoms. The largest absolute Gasteiger partial charge is 0.380 e. The molecule has 3 fully saturated rings. The SMILES string of the molecule is CS(=O)(=O)NC[C@@]12COC[C@H]1CN(C(=O)COC1CCCC1)C2. The third kappa shape index (κ3) is 4.04. The first-order valence-electron chi connectivity index (χ1n) is 8.30. The third-order valence-corrected chi connectivity index (χ3v) is 5.97. The van der Waals surface area contributed by atoms with Crippen molar-refractivity contribution in [1.82, 2.24) is 9.62 Å². The van der Waals surface area contributed by atoms with Gasteiger partial charge in [0.1, 0.15) is 6.61 Å². The van der Waals surface area contributed by atoms with Crippen LogP contribution in [-0.4, -0.2) is 71.0 Å². The predicted molar refractivity (Wildman–Crippen MR) is 84.4 cm³/mol. The summed E-state index contributed by atoms with van der Waals surface area (Å²) in [6, 6.07) is 0. The maximum absolute atomic E-state index is 12.4. The lowest BCUT2D eigenvalue weighted by atomic mass is 9.81. The molecule has 0 aromatic rings. The van der Waals surface area contributed by atoms with Crippen molar-refractivity contribution in [3.05, 3.63) is 0 Å². The van der Waals surface area contributed by atoms with Gasteiger partial charge in [0.25, 0.3) is 0 Å². The Morgan fingerprint density at radius 3 is 2.83 bits per heavy atom. The number of ether oxygens (including phenoxy) is 2. The third-order valence-electron chi connectivity index (χ3n) is 5.30. The molecule has 2 aliphatic heterocycles. The molecule has 0 aromatic carbocycles. The molecular weight excluding hydrogens is 320 g/mol. The van der Waals surface area contributed by atoms with Gasteiger partial charge in [-0.3, -0.25) is 4.79 Å². The topological polar surface area (TPSA) is 84.9 Å². The van der Waals surface area contributed by atoms with E-state index in [1.165, 1.54) is 12.8 Å². The Morgan fingerprint density at radius 1 is 1.39 bits per heavy atom. The maximum atomic E-state index is 12.4. The zero-order valence-electron chi connectivity index (χ0n) is 13.6. The first-order valence-corrected chi connectivity index (χ1v) is 10.2. The van der Waals surface area contributed by atoms with Crippen molar-refractivity contribution in [1.29, 1.82) is 0 Å². The molecule has 7 nitrogen and oxygen atoms in total. The van der Waals surface area contributed by atoms with Crippen LogP contribution in [0.1, 0.15) is 25.7 Å². The maximum Gasteiger partial charge on any atom is 0.248 e. The van der Waals surface area contributed by atoms with E-state index in [1.54, 1.807) is 0 Å².